The van der Waals surface area contributed by atoms with Crippen LogP contribution in [0.2, 0.25) is 0 Å². The summed E-state index contributed by atoms with van der Waals surface area (Å²) in [7, 11) is 0. The van der Waals surface area contributed by atoms with Crippen molar-refractivity contribution in [3.8, 4) is 0 Å². The predicted octanol–water partition coefficient (Wildman–Crippen LogP) is -3.86. The SMILES string of the molecule is OC[C@H]1O[C@H](O)[C@@](O)(CO)[C@@H](O)[C@@H]1O. The zero-order valence-electron chi connectivity index (χ0n) is 7.32. The summed E-state index contributed by atoms with van der Waals surface area (Å²) in [6, 6.07) is 0. The molecule has 0 radical (unpaired) electrons. The van der Waals surface area contributed by atoms with Gasteiger partial charge in [-0.25, -0.2) is 0 Å². The standard InChI is InChI=1S/C7H14O7/c8-1-3-4(10)5(11)7(13,2-9)6(12)14-3/h3-6,8-13H,1-2H2/t3-,4-,5+,6+,7-/m1/s1. The normalized spacial score (nSPS) is 49.3. The molecule has 0 saturated carbocycles. The second-order valence-corrected chi connectivity index (χ2v) is 3.29. The maximum Gasteiger partial charge on any atom is 0.189 e. The second kappa shape index (κ2) is 4.07. The average Bonchev–Trinajstić information content (AvgIpc) is 2.20. The van der Waals surface area contributed by atoms with Crippen LogP contribution < -0.4 is 0 Å². The molecule has 84 valence electrons. The van der Waals surface area contributed by atoms with Gasteiger partial charge in [0.2, 0.25) is 0 Å². The van der Waals surface area contributed by atoms with Crippen molar-refractivity contribution < 1.29 is 35.4 Å². The third-order valence-electron chi connectivity index (χ3n) is 2.38. The molecule has 0 bridgehead atoms. The highest BCUT2D eigenvalue weighted by Gasteiger charge is 2.53. The monoisotopic (exact) mass is 210 g/mol. The summed E-state index contributed by atoms with van der Waals surface area (Å²) in [5, 5.41) is 54.8. The first-order chi connectivity index (χ1) is 6.47. The third kappa shape index (κ3) is 1.63. The molecule has 0 amide bonds. The maximum atomic E-state index is 9.48. The van der Waals surface area contributed by atoms with Gasteiger partial charge in [-0.15, -0.1) is 0 Å². The molecule has 0 spiro atoms. The fraction of sp³-hybridized carbons (Fsp3) is 1.00. The highest BCUT2D eigenvalue weighted by atomic mass is 16.6. The minimum atomic E-state index is -2.33. The Bertz CT molecular complexity index is 198. The summed E-state index contributed by atoms with van der Waals surface area (Å²) in [6.45, 7) is -1.58. The lowest BCUT2D eigenvalue weighted by Crippen LogP contribution is -2.68. The zero-order valence-corrected chi connectivity index (χ0v) is 7.32. The molecule has 0 aromatic carbocycles. The number of hydrogen-bond donors (Lipinski definition) is 6. The smallest absolute Gasteiger partial charge is 0.189 e. The van der Waals surface area contributed by atoms with E-state index in [9.17, 15) is 20.4 Å². The van der Waals surface area contributed by atoms with Crippen molar-refractivity contribution in [2.24, 2.45) is 0 Å². The molecule has 1 heterocycles. The summed E-state index contributed by atoms with van der Waals surface area (Å²) >= 11 is 0. The largest absolute Gasteiger partial charge is 0.394 e. The molecule has 1 fully saturated rings. The molecular weight excluding hydrogens is 196 g/mol. The van der Waals surface area contributed by atoms with Crippen molar-refractivity contribution in [1.29, 1.82) is 0 Å². The van der Waals surface area contributed by atoms with Gasteiger partial charge in [0.1, 0.15) is 18.3 Å². The average molecular weight is 210 g/mol. The van der Waals surface area contributed by atoms with Gasteiger partial charge in [-0.05, 0) is 0 Å². The zero-order chi connectivity index (χ0) is 10.9. The van der Waals surface area contributed by atoms with Crippen LogP contribution in [0.3, 0.4) is 0 Å². The van der Waals surface area contributed by atoms with E-state index in [2.05, 4.69) is 4.74 Å². The molecule has 0 unspecified atom stereocenters. The minimum Gasteiger partial charge on any atom is -0.394 e. The van der Waals surface area contributed by atoms with Crippen molar-refractivity contribution in [3.63, 3.8) is 0 Å². The maximum absolute atomic E-state index is 9.48. The molecule has 1 aliphatic heterocycles. The van der Waals surface area contributed by atoms with Crippen LogP contribution in [0.4, 0.5) is 0 Å². The first kappa shape index (κ1) is 11.8. The van der Waals surface area contributed by atoms with Gasteiger partial charge in [0.15, 0.2) is 11.9 Å². The first-order valence-corrected chi connectivity index (χ1v) is 4.11. The van der Waals surface area contributed by atoms with Gasteiger partial charge in [-0.1, -0.05) is 0 Å². The van der Waals surface area contributed by atoms with Gasteiger partial charge in [0.05, 0.1) is 13.2 Å². The van der Waals surface area contributed by atoms with Crippen LogP contribution in [0, 0.1) is 0 Å². The van der Waals surface area contributed by atoms with E-state index < -0.39 is 43.4 Å². The van der Waals surface area contributed by atoms with E-state index in [4.69, 9.17) is 10.2 Å². The van der Waals surface area contributed by atoms with Gasteiger partial charge in [-0.3, -0.25) is 0 Å². The molecule has 7 heteroatoms. The first-order valence-electron chi connectivity index (χ1n) is 4.11. The Labute approximate surface area is 79.8 Å². The molecule has 0 aromatic rings. The van der Waals surface area contributed by atoms with Crippen LogP contribution >= 0.6 is 0 Å². The van der Waals surface area contributed by atoms with Gasteiger partial charge in [-0.2, -0.15) is 0 Å². The Balaban J connectivity index is 2.84. The third-order valence-corrected chi connectivity index (χ3v) is 2.38. The number of hydrogen-bond acceptors (Lipinski definition) is 7. The molecule has 0 aromatic heterocycles. The van der Waals surface area contributed by atoms with E-state index in [1.165, 1.54) is 0 Å². The Kier molecular flexibility index (Phi) is 3.43. The fourth-order valence-corrected chi connectivity index (χ4v) is 1.33. The van der Waals surface area contributed by atoms with Crippen LogP contribution in [0.15, 0.2) is 0 Å². The molecule has 5 atom stereocenters. The van der Waals surface area contributed by atoms with E-state index in [1.54, 1.807) is 0 Å². The van der Waals surface area contributed by atoms with E-state index in [1.807, 2.05) is 0 Å². The lowest BCUT2D eigenvalue weighted by atomic mass is 9.87. The Hall–Kier alpha value is -0.280. The Morgan fingerprint density at radius 2 is 1.71 bits per heavy atom. The summed E-state index contributed by atoms with van der Waals surface area (Å²) in [5.74, 6) is 0. The molecule has 14 heavy (non-hydrogen) atoms. The highest BCUT2D eigenvalue weighted by molar-refractivity contribution is 4.99. The van der Waals surface area contributed by atoms with Crippen molar-refractivity contribution >= 4 is 0 Å². The van der Waals surface area contributed by atoms with Crippen molar-refractivity contribution in [2.45, 2.75) is 30.2 Å². The second-order valence-electron chi connectivity index (χ2n) is 3.29. The molecule has 1 rings (SSSR count). The summed E-state index contributed by atoms with van der Waals surface area (Å²) < 4.78 is 4.61. The van der Waals surface area contributed by atoms with Crippen LogP contribution in [-0.4, -0.2) is 74.1 Å². The van der Waals surface area contributed by atoms with Crippen LogP contribution in [0.25, 0.3) is 0 Å². The summed E-state index contributed by atoms with van der Waals surface area (Å²) in [4.78, 5) is 0. The molecule has 1 aliphatic rings. The van der Waals surface area contributed by atoms with E-state index in [0.717, 1.165) is 0 Å². The lowest BCUT2D eigenvalue weighted by molar-refractivity contribution is -0.335. The van der Waals surface area contributed by atoms with Gasteiger partial charge >= 0.3 is 0 Å². The van der Waals surface area contributed by atoms with Crippen LogP contribution in [0.5, 0.6) is 0 Å². The van der Waals surface area contributed by atoms with Crippen LogP contribution in [-0.2, 0) is 4.74 Å². The Morgan fingerprint density at radius 1 is 1.14 bits per heavy atom. The number of aliphatic hydroxyl groups excluding tert-OH is 5. The van der Waals surface area contributed by atoms with Crippen molar-refractivity contribution in [3.05, 3.63) is 0 Å². The van der Waals surface area contributed by atoms with Crippen molar-refractivity contribution in [2.75, 3.05) is 13.2 Å². The summed E-state index contributed by atoms with van der Waals surface area (Å²) in [6.07, 6.45) is -6.40. The van der Waals surface area contributed by atoms with E-state index >= 15 is 0 Å². The lowest BCUT2D eigenvalue weighted by Gasteiger charge is -2.44. The minimum absolute atomic E-state index is 0.614. The quantitative estimate of drug-likeness (QED) is 0.275. The van der Waals surface area contributed by atoms with Gasteiger partial charge in [0.25, 0.3) is 0 Å². The number of aliphatic hydroxyl groups is 6. The molecule has 0 aliphatic carbocycles. The molecule has 6 N–H and O–H groups in total. The predicted molar refractivity (Wildman–Crippen MR) is 42.0 cm³/mol. The topological polar surface area (TPSA) is 131 Å². The number of ether oxygens (including phenoxy) is 1. The summed E-state index contributed by atoms with van der Waals surface area (Å²) in [5.41, 5.74) is -2.33. The number of rotatable bonds is 2. The highest BCUT2D eigenvalue weighted by Crippen LogP contribution is 2.28. The van der Waals surface area contributed by atoms with Crippen LogP contribution in [0.1, 0.15) is 0 Å². The Morgan fingerprint density at radius 3 is 2.14 bits per heavy atom. The van der Waals surface area contributed by atoms with Crippen molar-refractivity contribution in [1.82, 2.24) is 0 Å². The fourth-order valence-electron chi connectivity index (χ4n) is 1.33. The van der Waals surface area contributed by atoms with Gasteiger partial charge in [0, 0.05) is 0 Å². The van der Waals surface area contributed by atoms with Gasteiger partial charge < -0.3 is 35.4 Å². The molecule has 7 nitrogen and oxygen atoms in total. The molecular formula is C7H14O7. The van der Waals surface area contributed by atoms with E-state index in [0.29, 0.717) is 0 Å². The van der Waals surface area contributed by atoms with E-state index in [-0.39, 0.29) is 0 Å². The molecule has 1 saturated heterocycles.